The quantitative estimate of drug-likeness (QED) is 0.835. The van der Waals surface area contributed by atoms with E-state index in [2.05, 4.69) is 20.1 Å². The highest BCUT2D eigenvalue weighted by atomic mass is 32.1. The molecule has 0 radical (unpaired) electrons. The van der Waals surface area contributed by atoms with Crippen LogP contribution in [0.4, 0.5) is 5.95 Å². The van der Waals surface area contributed by atoms with Crippen LogP contribution in [0.25, 0.3) is 4.96 Å². The molecule has 1 amide bonds. The number of ether oxygens (including phenoxy) is 1. The molecule has 15 heavy (non-hydrogen) atoms. The van der Waals surface area contributed by atoms with Gasteiger partial charge in [-0.15, -0.1) is 16.4 Å². The van der Waals surface area contributed by atoms with Crippen LogP contribution in [0.3, 0.4) is 0 Å². The molecule has 7 heteroatoms. The summed E-state index contributed by atoms with van der Waals surface area (Å²) in [5.74, 6) is 0.0559. The lowest BCUT2D eigenvalue weighted by Crippen LogP contribution is -2.18. The Morgan fingerprint density at radius 1 is 1.73 bits per heavy atom. The molecule has 0 aliphatic heterocycles. The molecule has 0 saturated heterocycles. The lowest BCUT2D eigenvalue weighted by molar-refractivity contribution is -0.119. The van der Waals surface area contributed by atoms with Crippen molar-refractivity contribution in [3.05, 3.63) is 11.1 Å². The summed E-state index contributed by atoms with van der Waals surface area (Å²) in [6.45, 7) is 1.94. The fraction of sp³-hybridized carbons (Fsp3) is 0.375. The number of aromatic nitrogens is 3. The number of hydrogen-bond acceptors (Lipinski definition) is 5. The van der Waals surface area contributed by atoms with Gasteiger partial charge in [-0.25, -0.2) is 4.52 Å². The molecule has 0 bridgehead atoms. The largest absolute Gasteiger partial charge is 0.375 e. The van der Waals surface area contributed by atoms with Crippen LogP contribution in [0.2, 0.25) is 0 Å². The van der Waals surface area contributed by atoms with Crippen LogP contribution in [0.5, 0.6) is 0 Å². The van der Waals surface area contributed by atoms with E-state index in [1.54, 1.807) is 4.52 Å². The third-order valence-corrected chi connectivity index (χ3v) is 2.71. The molecule has 2 aromatic rings. The molecule has 0 atom stereocenters. The van der Waals surface area contributed by atoms with Gasteiger partial charge >= 0.3 is 0 Å². The van der Waals surface area contributed by atoms with E-state index in [1.165, 1.54) is 18.4 Å². The fourth-order valence-electron chi connectivity index (χ4n) is 1.14. The van der Waals surface area contributed by atoms with Crippen molar-refractivity contribution in [2.75, 3.05) is 19.0 Å². The van der Waals surface area contributed by atoms with Gasteiger partial charge in [0.25, 0.3) is 11.9 Å². The Morgan fingerprint density at radius 3 is 3.20 bits per heavy atom. The normalized spacial score (nSPS) is 10.8. The molecule has 2 heterocycles. The van der Waals surface area contributed by atoms with E-state index >= 15 is 0 Å². The summed E-state index contributed by atoms with van der Waals surface area (Å²) in [7, 11) is 1.46. The first kappa shape index (κ1) is 10.1. The van der Waals surface area contributed by atoms with E-state index in [4.69, 9.17) is 0 Å². The summed E-state index contributed by atoms with van der Waals surface area (Å²) in [6, 6.07) is 0. The molecular weight excluding hydrogens is 216 g/mol. The third-order valence-electron chi connectivity index (χ3n) is 1.77. The maximum atomic E-state index is 11.2. The van der Waals surface area contributed by atoms with E-state index in [-0.39, 0.29) is 12.5 Å². The Bertz CT molecular complexity index is 490. The smallest absolute Gasteiger partial charge is 0.252 e. The van der Waals surface area contributed by atoms with Crippen molar-refractivity contribution in [2.24, 2.45) is 0 Å². The zero-order valence-corrected chi connectivity index (χ0v) is 9.17. The van der Waals surface area contributed by atoms with E-state index in [0.717, 1.165) is 10.7 Å². The first-order valence-electron chi connectivity index (χ1n) is 4.30. The van der Waals surface area contributed by atoms with Crippen LogP contribution in [-0.2, 0) is 9.53 Å². The zero-order valence-electron chi connectivity index (χ0n) is 8.35. The summed E-state index contributed by atoms with van der Waals surface area (Å²) >= 11 is 1.48. The van der Waals surface area contributed by atoms with Crippen molar-refractivity contribution >= 4 is 28.2 Å². The van der Waals surface area contributed by atoms with E-state index in [1.807, 2.05) is 12.3 Å². The molecule has 2 rings (SSSR count). The van der Waals surface area contributed by atoms with Gasteiger partial charge in [0, 0.05) is 12.5 Å². The highest BCUT2D eigenvalue weighted by Gasteiger charge is 2.09. The summed E-state index contributed by atoms with van der Waals surface area (Å²) < 4.78 is 6.37. The molecule has 1 N–H and O–H groups in total. The average molecular weight is 226 g/mol. The number of amides is 1. The van der Waals surface area contributed by atoms with Crippen LogP contribution in [0, 0.1) is 6.92 Å². The monoisotopic (exact) mass is 226 g/mol. The van der Waals surface area contributed by atoms with Gasteiger partial charge in [0.15, 0.2) is 0 Å². The Kier molecular flexibility index (Phi) is 2.65. The van der Waals surface area contributed by atoms with Gasteiger partial charge < -0.3 is 4.74 Å². The summed E-state index contributed by atoms with van der Waals surface area (Å²) in [4.78, 5) is 16.1. The summed E-state index contributed by atoms with van der Waals surface area (Å²) in [5.41, 5.74) is 0.995. The van der Waals surface area contributed by atoms with Crippen LogP contribution >= 0.6 is 11.3 Å². The van der Waals surface area contributed by atoms with E-state index in [0.29, 0.717) is 5.95 Å². The number of nitrogens with zero attached hydrogens (tertiary/aromatic N) is 3. The Labute approximate surface area is 89.9 Å². The van der Waals surface area contributed by atoms with Crippen molar-refractivity contribution in [1.82, 2.24) is 14.6 Å². The molecule has 80 valence electrons. The number of fused-ring (bicyclic) bond motifs is 1. The number of carbonyl (C=O) groups is 1. The van der Waals surface area contributed by atoms with E-state index < -0.39 is 0 Å². The molecule has 6 nitrogen and oxygen atoms in total. The molecule has 0 aliphatic carbocycles. The SMILES string of the molecule is COCC(=O)Nc1nc2scc(C)n2n1. The number of thiazole rings is 1. The molecule has 0 unspecified atom stereocenters. The second-order valence-corrected chi connectivity index (χ2v) is 3.82. The summed E-state index contributed by atoms with van der Waals surface area (Å²) in [6.07, 6.45) is 0. The first-order chi connectivity index (χ1) is 7.20. The predicted octanol–water partition coefficient (Wildman–Crippen LogP) is 0.684. The lowest BCUT2D eigenvalue weighted by Gasteiger charge is -1.97. The minimum Gasteiger partial charge on any atom is -0.375 e. The van der Waals surface area contributed by atoms with Crippen molar-refractivity contribution in [3.63, 3.8) is 0 Å². The van der Waals surface area contributed by atoms with Gasteiger partial charge in [0.05, 0.1) is 5.69 Å². The van der Waals surface area contributed by atoms with E-state index in [9.17, 15) is 4.79 Å². The van der Waals surface area contributed by atoms with Crippen molar-refractivity contribution < 1.29 is 9.53 Å². The molecular formula is C8H10N4O2S. The standard InChI is InChI=1S/C8H10N4O2S/c1-5-4-15-8-10-7(11-12(5)8)9-6(13)3-14-2/h4H,3H2,1-2H3,(H,9,11,13). The van der Waals surface area contributed by atoms with Gasteiger partial charge in [-0.1, -0.05) is 0 Å². The molecule has 0 spiro atoms. The maximum Gasteiger partial charge on any atom is 0.252 e. The Morgan fingerprint density at radius 2 is 2.53 bits per heavy atom. The van der Waals surface area contributed by atoms with Crippen LogP contribution < -0.4 is 5.32 Å². The Hall–Kier alpha value is -1.47. The molecule has 0 fully saturated rings. The van der Waals surface area contributed by atoms with Crippen molar-refractivity contribution in [3.8, 4) is 0 Å². The third kappa shape index (κ3) is 1.97. The summed E-state index contributed by atoms with van der Waals surface area (Å²) in [5, 5.41) is 8.62. The lowest BCUT2D eigenvalue weighted by atomic mass is 10.6. The number of carbonyl (C=O) groups excluding carboxylic acids is 1. The van der Waals surface area contributed by atoms with Gasteiger partial charge in [-0.05, 0) is 6.92 Å². The maximum absolute atomic E-state index is 11.2. The van der Waals surface area contributed by atoms with Crippen molar-refractivity contribution in [2.45, 2.75) is 6.92 Å². The van der Waals surface area contributed by atoms with Gasteiger partial charge in [-0.3, -0.25) is 10.1 Å². The number of rotatable bonds is 3. The topological polar surface area (TPSA) is 68.5 Å². The number of hydrogen-bond donors (Lipinski definition) is 1. The van der Waals surface area contributed by atoms with Gasteiger partial charge in [0.2, 0.25) is 4.96 Å². The minimum atomic E-state index is -0.256. The van der Waals surface area contributed by atoms with Gasteiger partial charge in [0.1, 0.15) is 6.61 Å². The second-order valence-electron chi connectivity index (χ2n) is 2.99. The van der Waals surface area contributed by atoms with Crippen LogP contribution in [0.15, 0.2) is 5.38 Å². The zero-order chi connectivity index (χ0) is 10.8. The number of methoxy groups -OCH3 is 1. The highest BCUT2D eigenvalue weighted by Crippen LogP contribution is 2.14. The number of aryl methyl sites for hydroxylation is 1. The van der Waals surface area contributed by atoms with Crippen LogP contribution in [0.1, 0.15) is 5.69 Å². The second kappa shape index (κ2) is 3.95. The molecule has 0 saturated carbocycles. The first-order valence-corrected chi connectivity index (χ1v) is 5.18. The van der Waals surface area contributed by atoms with Gasteiger partial charge in [-0.2, -0.15) is 4.98 Å². The fourth-order valence-corrected chi connectivity index (χ4v) is 1.94. The van der Waals surface area contributed by atoms with Crippen molar-refractivity contribution in [1.29, 1.82) is 0 Å². The molecule has 0 aliphatic rings. The van der Waals surface area contributed by atoms with Crippen LogP contribution in [-0.4, -0.2) is 34.2 Å². The predicted molar refractivity (Wildman–Crippen MR) is 56.1 cm³/mol. The average Bonchev–Trinajstić information content (AvgIpc) is 2.69. The Balaban J connectivity index is 2.18. The number of nitrogens with one attached hydrogen (secondary N) is 1. The minimum absolute atomic E-state index is 0.00579. The highest BCUT2D eigenvalue weighted by molar-refractivity contribution is 7.15. The molecule has 0 aromatic carbocycles. The number of anilines is 1. The molecule has 2 aromatic heterocycles.